The van der Waals surface area contributed by atoms with Crippen LogP contribution in [0.3, 0.4) is 0 Å². The highest BCUT2D eigenvalue weighted by Gasteiger charge is 2.30. The van der Waals surface area contributed by atoms with E-state index in [4.69, 9.17) is 0 Å². The summed E-state index contributed by atoms with van der Waals surface area (Å²) < 4.78 is 0. The quantitative estimate of drug-likeness (QED) is 0.843. The summed E-state index contributed by atoms with van der Waals surface area (Å²) in [4.78, 5) is 22.0. The van der Waals surface area contributed by atoms with Gasteiger partial charge in [-0.25, -0.2) is 4.98 Å². The van der Waals surface area contributed by atoms with Crippen LogP contribution >= 0.6 is 0 Å². The lowest BCUT2D eigenvalue weighted by atomic mass is 9.95. The second-order valence-electron chi connectivity index (χ2n) is 5.60. The number of imidazole rings is 1. The Morgan fingerprint density at radius 1 is 1.32 bits per heavy atom. The molecule has 0 aliphatic carbocycles. The van der Waals surface area contributed by atoms with E-state index in [1.54, 1.807) is 6.20 Å². The van der Waals surface area contributed by atoms with Gasteiger partial charge in [0.2, 0.25) is 5.91 Å². The number of aromatic amines is 1. The van der Waals surface area contributed by atoms with Crippen LogP contribution in [0.4, 0.5) is 0 Å². The monoisotopic (exact) mass is 262 g/mol. The molecule has 1 aromatic heterocycles. The second-order valence-corrected chi connectivity index (χ2v) is 5.60. The second kappa shape index (κ2) is 5.74. The molecule has 2 saturated heterocycles. The molecule has 1 aromatic rings. The van der Waals surface area contributed by atoms with Crippen LogP contribution < -0.4 is 5.32 Å². The molecular weight excluding hydrogens is 240 g/mol. The topological polar surface area (TPSA) is 61.0 Å². The molecular formula is C14H22N4O. The minimum absolute atomic E-state index is 0.0455. The Morgan fingerprint density at radius 2 is 2.26 bits per heavy atom. The summed E-state index contributed by atoms with van der Waals surface area (Å²) in [5.41, 5.74) is 0. The van der Waals surface area contributed by atoms with E-state index in [-0.39, 0.29) is 11.9 Å². The third-order valence-electron chi connectivity index (χ3n) is 4.25. The van der Waals surface area contributed by atoms with Gasteiger partial charge in [-0.3, -0.25) is 4.79 Å². The Kier molecular flexibility index (Phi) is 3.82. The number of piperidine rings is 2. The molecule has 0 bridgehead atoms. The lowest BCUT2D eigenvalue weighted by Gasteiger charge is -2.35. The minimum atomic E-state index is 0.0455. The van der Waals surface area contributed by atoms with Gasteiger partial charge in [-0.15, -0.1) is 0 Å². The van der Waals surface area contributed by atoms with Gasteiger partial charge in [-0.1, -0.05) is 6.42 Å². The molecule has 1 amide bonds. The molecule has 2 N–H and O–H groups in total. The van der Waals surface area contributed by atoms with Gasteiger partial charge in [-0.05, 0) is 32.2 Å². The number of nitrogens with one attached hydrogen (secondary N) is 2. The van der Waals surface area contributed by atoms with Gasteiger partial charge in [0, 0.05) is 31.4 Å². The van der Waals surface area contributed by atoms with E-state index >= 15 is 0 Å². The maximum atomic E-state index is 12.5. The minimum Gasteiger partial charge on any atom is -0.348 e. The number of H-pyrrole nitrogens is 1. The van der Waals surface area contributed by atoms with Crippen molar-refractivity contribution >= 4 is 5.91 Å². The van der Waals surface area contributed by atoms with Gasteiger partial charge in [-0.2, -0.15) is 0 Å². The van der Waals surface area contributed by atoms with Crippen LogP contribution in [0.1, 0.15) is 43.8 Å². The van der Waals surface area contributed by atoms with Crippen molar-refractivity contribution in [3.05, 3.63) is 18.2 Å². The molecule has 2 atom stereocenters. The van der Waals surface area contributed by atoms with E-state index in [1.807, 2.05) is 11.1 Å². The van der Waals surface area contributed by atoms with Crippen LogP contribution in [0.2, 0.25) is 0 Å². The molecule has 2 unspecified atom stereocenters. The number of likely N-dealkylation sites (tertiary alicyclic amines) is 1. The molecule has 0 saturated carbocycles. The van der Waals surface area contributed by atoms with Crippen molar-refractivity contribution in [2.45, 2.75) is 44.1 Å². The predicted octanol–water partition coefficient (Wildman–Crippen LogP) is 1.26. The summed E-state index contributed by atoms with van der Waals surface area (Å²) >= 11 is 0. The average molecular weight is 262 g/mol. The number of hydrogen-bond donors (Lipinski definition) is 2. The standard InChI is InChI=1S/C14H22N4O/c19-14(12-5-1-2-6-15-12)18-9-3-4-11(10-18)13-16-7-8-17-13/h7-8,11-12,15H,1-6,9-10H2,(H,16,17). The van der Waals surface area contributed by atoms with Crippen molar-refractivity contribution in [2.24, 2.45) is 0 Å². The highest BCUT2D eigenvalue weighted by atomic mass is 16.2. The summed E-state index contributed by atoms with van der Waals surface area (Å²) in [7, 11) is 0. The maximum absolute atomic E-state index is 12.5. The SMILES string of the molecule is O=C(C1CCCCN1)N1CCCC(c2ncc[nH]2)C1. The highest BCUT2D eigenvalue weighted by molar-refractivity contribution is 5.82. The van der Waals surface area contributed by atoms with E-state index in [0.29, 0.717) is 5.92 Å². The van der Waals surface area contributed by atoms with Crippen LogP contribution in [-0.2, 0) is 4.79 Å². The number of aromatic nitrogens is 2. The first kappa shape index (κ1) is 12.7. The zero-order valence-electron chi connectivity index (χ0n) is 11.3. The molecule has 3 heterocycles. The summed E-state index contributed by atoms with van der Waals surface area (Å²) in [6, 6.07) is 0.0455. The largest absolute Gasteiger partial charge is 0.348 e. The van der Waals surface area contributed by atoms with Gasteiger partial charge < -0.3 is 15.2 Å². The van der Waals surface area contributed by atoms with Crippen LogP contribution in [0.25, 0.3) is 0 Å². The lowest BCUT2D eigenvalue weighted by Crippen LogP contribution is -2.51. The molecule has 104 valence electrons. The van der Waals surface area contributed by atoms with E-state index in [0.717, 1.165) is 44.7 Å². The van der Waals surface area contributed by atoms with Crippen molar-refractivity contribution in [3.8, 4) is 0 Å². The van der Waals surface area contributed by atoms with Gasteiger partial charge in [0.25, 0.3) is 0 Å². The molecule has 0 spiro atoms. The van der Waals surface area contributed by atoms with E-state index in [9.17, 15) is 4.79 Å². The zero-order chi connectivity index (χ0) is 13.1. The Balaban J connectivity index is 1.62. The van der Waals surface area contributed by atoms with E-state index in [1.165, 1.54) is 12.8 Å². The lowest BCUT2D eigenvalue weighted by molar-refractivity contribution is -0.135. The van der Waals surface area contributed by atoms with Crippen LogP contribution in [0.15, 0.2) is 12.4 Å². The van der Waals surface area contributed by atoms with E-state index in [2.05, 4.69) is 15.3 Å². The third kappa shape index (κ3) is 2.81. The zero-order valence-corrected chi connectivity index (χ0v) is 11.3. The fourth-order valence-electron chi connectivity index (χ4n) is 3.18. The predicted molar refractivity (Wildman–Crippen MR) is 72.8 cm³/mol. The highest BCUT2D eigenvalue weighted by Crippen LogP contribution is 2.25. The van der Waals surface area contributed by atoms with Gasteiger partial charge >= 0.3 is 0 Å². The van der Waals surface area contributed by atoms with Gasteiger partial charge in [0.05, 0.1) is 6.04 Å². The molecule has 0 radical (unpaired) electrons. The summed E-state index contributed by atoms with van der Waals surface area (Å²) in [6.45, 7) is 2.69. The smallest absolute Gasteiger partial charge is 0.239 e. The number of hydrogen-bond acceptors (Lipinski definition) is 3. The van der Waals surface area contributed by atoms with Crippen molar-refractivity contribution in [1.82, 2.24) is 20.2 Å². The summed E-state index contributed by atoms with van der Waals surface area (Å²) in [6.07, 6.45) is 9.19. The van der Waals surface area contributed by atoms with Crippen molar-refractivity contribution in [1.29, 1.82) is 0 Å². The molecule has 2 fully saturated rings. The number of carbonyl (C=O) groups is 1. The molecule has 5 heteroatoms. The molecule has 19 heavy (non-hydrogen) atoms. The van der Waals surface area contributed by atoms with Crippen LogP contribution in [0, 0.1) is 0 Å². The normalized spacial score (nSPS) is 28.3. The average Bonchev–Trinajstić information content (AvgIpc) is 3.02. The first-order valence-corrected chi connectivity index (χ1v) is 7.36. The maximum Gasteiger partial charge on any atom is 0.239 e. The van der Waals surface area contributed by atoms with Crippen molar-refractivity contribution in [2.75, 3.05) is 19.6 Å². The molecule has 0 aromatic carbocycles. The Hall–Kier alpha value is -1.36. The number of nitrogens with zero attached hydrogens (tertiary/aromatic N) is 2. The van der Waals surface area contributed by atoms with E-state index < -0.39 is 0 Å². The van der Waals surface area contributed by atoms with Gasteiger partial charge in [0.15, 0.2) is 0 Å². The molecule has 5 nitrogen and oxygen atoms in total. The Bertz CT molecular complexity index is 411. The number of amides is 1. The van der Waals surface area contributed by atoms with Gasteiger partial charge in [0.1, 0.15) is 5.82 Å². The number of rotatable bonds is 2. The summed E-state index contributed by atoms with van der Waals surface area (Å²) in [5.74, 6) is 1.68. The Morgan fingerprint density at radius 3 is 3.00 bits per heavy atom. The number of carbonyl (C=O) groups excluding carboxylic acids is 1. The fourth-order valence-corrected chi connectivity index (χ4v) is 3.18. The third-order valence-corrected chi connectivity index (χ3v) is 4.25. The van der Waals surface area contributed by atoms with Crippen LogP contribution in [0.5, 0.6) is 0 Å². The summed E-state index contributed by atoms with van der Waals surface area (Å²) in [5, 5.41) is 3.35. The fraction of sp³-hybridized carbons (Fsp3) is 0.714. The first-order valence-electron chi connectivity index (χ1n) is 7.36. The molecule has 2 aliphatic rings. The molecule has 2 aliphatic heterocycles. The van der Waals surface area contributed by atoms with Crippen LogP contribution in [-0.4, -0.2) is 46.5 Å². The van der Waals surface area contributed by atoms with Crippen molar-refractivity contribution < 1.29 is 4.79 Å². The Labute approximate surface area is 113 Å². The molecule has 3 rings (SSSR count). The van der Waals surface area contributed by atoms with Crippen molar-refractivity contribution in [3.63, 3.8) is 0 Å². The first-order chi connectivity index (χ1) is 9.34.